The summed E-state index contributed by atoms with van der Waals surface area (Å²) in [6.07, 6.45) is 6.40. The van der Waals surface area contributed by atoms with Gasteiger partial charge in [0.05, 0.1) is 31.5 Å². The molecule has 1 N–H and O–H groups in total. The number of rotatable bonds is 2. The van der Waals surface area contributed by atoms with Crippen LogP contribution in [0, 0.1) is 29.1 Å². The lowest BCUT2D eigenvalue weighted by Gasteiger charge is -2.50. The van der Waals surface area contributed by atoms with Gasteiger partial charge in [0.2, 0.25) is 0 Å². The molecule has 2 aliphatic heterocycles. The van der Waals surface area contributed by atoms with Crippen LogP contribution in [0.1, 0.15) is 59.3 Å². The minimum Gasteiger partial charge on any atom is -0.462 e. The molecule has 2 aliphatic carbocycles. The van der Waals surface area contributed by atoms with Gasteiger partial charge in [-0.2, -0.15) is 0 Å². The van der Waals surface area contributed by atoms with E-state index in [1.807, 2.05) is 6.92 Å². The van der Waals surface area contributed by atoms with E-state index in [1.54, 1.807) is 0 Å². The molecule has 0 aromatic heterocycles. The van der Waals surface area contributed by atoms with Gasteiger partial charge in [-0.05, 0) is 50.4 Å². The Morgan fingerprint density at radius 1 is 1.31 bits per heavy atom. The summed E-state index contributed by atoms with van der Waals surface area (Å²) < 4.78 is 5.90. The van der Waals surface area contributed by atoms with E-state index in [0.29, 0.717) is 30.1 Å². The van der Waals surface area contributed by atoms with E-state index in [0.717, 1.165) is 32.4 Å². The average Bonchev–Trinajstić information content (AvgIpc) is 2.85. The van der Waals surface area contributed by atoms with Crippen LogP contribution in [0.4, 0.5) is 0 Å². The number of fused-ring (bicyclic) bond motifs is 2. The topological polar surface area (TPSA) is 47.8 Å². The SMILES string of the molecule is C=C1CCC[C@]2(C)C[C@H]3OC(=O)[C@H](C[NH+]4C[C@@H](C)C(=O)C[C@H]4C)[C@H]3C[C@@H]12. The summed E-state index contributed by atoms with van der Waals surface area (Å²) in [4.78, 5) is 26.1. The van der Waals surface area contributed by atoms with E-state index in [4.69, 9.17) is 4.74 Å². The van der Waals surface area contributed by atoms with Crippen molar-refractivity contribution >= 4 is 11.8 Å². The summed E-state index contributed by atoms with van der Waals surface area (Å²) in [7, 11) is 0. The molecule has 1 unspecified atom stereocenters. The summed E-state index contributed by atoms with van der Waals surface area (Å²) in [5.74, 6) is 1.38. The van der Waals surface area contributed by atoms with Crippen molar-refractivity contribution in [1.29, 1.82) is 0 Å². The van der Waals surface area contributed by atoms with Crippen molar-refractivity contribution in [3.8, 4) is 0 Å². The average molecular weight is 361 g/mol. The van der Waals surface area contributed by atoms with Crippen LogP contribution in [0.5, 0.6) is 0 Å². The lowest BCUT2D eigenvalue weighted by Crippen LogP contribution is -3.18. The zero-order chi connectivity index (χ0) is 18.6. The third-order valence-corrected chi connectivity index (χ3v) is 8.12. The normalized spacial score (nSPS) is 48.7. The zero-order valence-electron chi connectivity index (χ0n) is 16.6. The standard InChI is InChI=1S/C22H33NO3/c1-13-6-5-7-22(4)10-20-16(9-18(13)22)17(21(25)26-20)12-23-11-14(2)19(24)8-15(23)3/h14-18,20H,1,5-12H2,2-4H3/p+1/t14-,15-,16-,17-,18+,20-,22-/m1/s1. The molecule has 2 saturated carbocycles. The molecule has 2 heterocycles. The summed E-state index contributed by atoms with van der Waals surface area (Å²) in [6, 6.07) is 0.309. The number of ether oxygens (including phenoxy) is 1. The quantitative estimate of drug-likeness (QED) is 0.607. The highest BCUT2D eigenvalue weighted by Crippen LogP contribution is 2.56. The Morgan fingerprint density at radius 2 is 2.08 bits per heavy atom. The van der Waals surface area contributed by atoms with Gasteiger partial charge in [0, 0.05) is 5.92 Å². The summed E-state index contributed by atoms with van der Waals surface area (Å²) in [5, 5.41) is 0. The molecule has 4 nitrogen and oxygen atoms in total. The number of carbonyl (C=O) groups excluding carboxylic acids is 2. The van der Waals surface area contributed by atoms with E-state index in [-0.39, 0.29) is 29.3 Å². The number of carbonyl (C=O) groups is 2. The molecule has 0 aromatic carbocycles. The molecule has 26 heavy (non-hydrogen) atoms. The van der Waals surface area contributed by atoms with Gasteiger partial charge in [-0.3, -0.25) is 9.59 Å². The lowest BCUT2D eigenvalue weighted by atomic mass is 9.55. The molecular formula is C22H34NO3+. The molecule has 4 fully saturated rings. The highest BCUT2D eigenvalue weighted by Gasteiger charge is 2.56. The predicted molar refractivity (Wildman–Crippen MR) is 99.6 cm³/mol. The first-order chi connectivity index (χ1) is 12.3. The largest absolute Gasteiger partial charge is 0.462 e. The van der Waals surface area contributed by atoms with Crippen molar-refractivity contribution in [2.75, 3.05) is 13.1 Å². The second-order valence-electron chi connectivity index (χ2n) is 9.94. The number of piperidine rings is 1. The first-order valence-corrected chi connectivity index (χ1v) is 10.5. The monoisotopic (exact) mass is 360 g/mol. The number of nitrogens with one attached hydrogen (secondary N) is 1. The van der Waals surface area contributed by atoms with Crippen LogP contribution in [0.2, 0.25) is 0 Å². The minimum atomic E-state index is -0.00266. The number of esters is 1. The smallest absolute Gasteiger partial charge is 0.315 e. The van der Waals surface area contributed by atoms with Gasteiger partial charge in [-0.25, -0.2) is 0 Å². The Bertz CT molecular complexity index is 629. The van der Waals surface area contributed by atoms with Crippen LogP contribution in [-0.4, -0.2) is 37.0 Å². The maximum atomic E-state index is 12.7. The molecule has 144 valence electrons. The number of Topliss-reactive ketones (excluding diaryl/α,β-unsaturated/α-hetero) is 1. The molecule has 4 heteroatoms. The fraction of sp³-hybridized carbons (Fsp3) is 0.818. The summed E-state index contributed by atoms with van der Waals surface area (Å²) >= 11 is 0. The first kappa shape index (κ1) is 18.2. The predicted octanol–water partition coefficient (Wildman–Crippen LogP) is 2.18. The number of allylic oxidation sites excluding steroid dienone is 1. The Hall–Kier alpha value is -1.16. The van der Waals surface area contributed by atoms with E-state index >= 15 is 0 Å². The number of quaternary nitrogens is 1. The van der Waals surface area contributed by atoms with Crippen molar-refractivity contribution in [2.45, 2.75) is 71.4 Å². The van der Waals surface area contributed by atoms with Crippen LogP contribution in [-0.2, 0) is 14.3 Å². The second-order valence-corrected chi connectivity index (χ2v) is 9.94. The third-order valence-electron chi connectivity index (χ3n) is 8.12. The van der Waals surface area contributed by atoms with Crippen LogP contribution in [0.15, 0.2) is 12.2 Å². The first-order valence-electron chi connectivity index (χ1n) is 10.5. The van der Waals surface area contributed by atoms with Gasteiger partial charge in [0.25, 0.3) is 0 Å². The van der Waals surface area contributed by atoms with Crippen molar-refractivity contribution in [2.24, 2.45) is 29.1 Å². The van der Waals surface area contributed by atoms with Gasteiger partial charge in [0.1, 0.15) is 17.8 Å². The van der Waals surface area contributed by atoms with Gasteiger partial charge in [-0.15, -0.1) is 0 Å². The summed E-state index contributed by atoms with van der Waals surface area (Å²) in [5.41, 5.74) is 1.66. The molecular weight excluding hydrogens is 326 g/mol. The van der Waals surface area contributed by atoms with Crippen LogP contribution in [0.3, 0.4) is 0 Å². The number of ketones is 1. The summed E-state index contributed by atoms with van der Waals surface area (Å²) in [6.45, 7) is 12.6. The van der Waals surface area contributed by atoms with Gasteiger partial charge in [0.15, 0.2) is 0 Å². The minimum absolute atomic E-state index is 0.00266. The molecule has 0 bridgehead atoms. The van der Waals surface area contributed by atoms with E-state index < -0.39 is 0 Å². The Morgan fingerprint density at radius 3 is 2.85 bits per heavy atom. The molecule has 4 rings (SSSR count). The van der Waals surface area contributed by atoms with Gasteiger partial charge >= 0.3 is 5.97 Å². The van der Waals surface area contributed by atoms with E-state index in [9.17, 15) is 9.59 Å². The number of hydrogen-bond acceptors (Lipinski definition) is 3. The molecule has 0 radical (unpaired) electrons. The maximum Gasteiger partial charge on any atom is 0.315 e. The molecule has 0 amide bonds. The van der Waals surface area contributed by atoms with Crippen LogP contribution in [0.25, 0.3) is 0 Å². The zero-order valence-corrected chi connectivity index (χ0v) is 16.6. The molecule has 4 aliphatic rings. The Labute approximate surface area is 157 Å². The number of hydrogen-bond donors (Lipinski definition) is 1. The van der Waals surface area contributed by atoms with Gasteiger partial charge < -0.3 is 9.64 Å². The lowest BCUT2D eigenvalue weighted by molar-refractivity contribution is -0.930. The maximum absolute atomic E-state index is 12.7. The molecule has 0 aromatic rings. The molecule has 8 atom stereocenters. The Balaban J connectivity index is 1.51. The highest BCUT2D eigenvalue weighted by molar-refractivity contribution is 5.81. The van der Waals surface area contributed by atoms with Crippen molar-refractivity contribution in [1.82, 2.24) is 0 Å². The van der Waals surface area contributed by atoms with Crippen LogP contribution < -0.4 is 4.90 Å². The Kier molecular flexibility index (Phi) is 4.53. The third kappa shape index (κ3) is 2.94. The highest BCUT2D eigenvalue weighted by atomic mass is 16.6. The van der Waals surface area contributed by atoms with Crippen molar-refractivity contribution < 1.29 is 19.2 Å². The van der Waals surface area contributed by atoms with E-state index in [1.165, 1.54) is 23.3 Å². The molecule has 0 spiro atoms. The van der Waals surface area contributed by atoms with Crippen LogP contribution >= 0.6 is 0 Å². The van der Waals surface area contributed by atoms with Crippen molar-refractivity contribution in [3.63, 3.8) is 0 Å². The van der Waals surface area contributed by atoms with Crippen molar-refractivity contribution in [3.05, 3.63) is 12.2 Å². The fourth-order valence-corrected chi connectivity index (χ4v) is 6.41. The second kappa shape index (κ2) is 6.47. The van der Waals surface area contributed by atoms with E-state index in [2.05, 4.69) is 20.4 Å². The number of likely N-dealkylation sites (tertiary alicyclic amines) is 1. The molecule has 2 saturated heterocycles. The van der Waals surface area contributed by atoms with Gasteiger partial charge in [-0.1, -0.05) is 26.0 Å². The fourth-order valence-electron chi connectivity index (χ4n) is 6.41.